The third kappa shape index (κ3) is 8.70. The number of piperazine rings is 1. The lowest BCUT2D eigenvalue weighted by Crippen LogP contribution is -2.48. The lowest BCUT2D eigenvalue weighted by molar-refractivity contribution is 0.0325. The van der Waals surface area contributed by atoms with Crippen LogP contribution in [-0.2, 0) is 4.74 Å². The van der Waals surface area contributed by atoms with Crippen LogP contribution in [0.2, 0.25) is 0 Å². The standard InChI is InChI=1S/C15H34N4O2/c1-16(2)5-8-19(13-15(20)14-21-4)12-11-18-9-6-17(3)7-10-18/h15,20H,5-14H2,1-4H3. The van der Waals surface area contributed by atoms with Gasteiger partial charge in [-0.25, -0.2) is 0 Å². The van der Waals surface area contributed by atoms with E-state index in [1.165, 1.54) is 0 Å². The minimum atomic E-state index is -0.398. The highest BCUT2D eigenvalue weighted by Gasteiger charge is 2.16. The largest absolute Gasteiger partial charge is 0.389 e. The van der Waals surface area contributed by atoms with E-state index in [1.54, 1.807) is 7.11 Å². The number of methoxy groups -OCH3 is 1. The van der Waals surface area contributed by atoms with Gasteiger partial charge in [0.05, 0.1) is 12.7 Å². The van der Waals surface area contributed by atoms with Gasteiger partial charge in [-0.1, -0.05) is 0 Å². The topological polar surface area (TPSA) is 42.4 Å². The molecule has 0 bridgehead atoms. The van der Waals surface area contributed by atoms with Crippen LogP contribution in [0.4, 0.5) is 0 Å². The lowest BCUT2D eigenvalue weighted by Gasteiger charge is -2.34. The summed E-state index contributed by atoms with van der Waals surface area (Å²) < 4.78 is 5.03. The first kappa shape index (κ1) is 18.8. The summed E-state index contributed by atoms with van der Waals surface area (Å²) in [6.45, 7) is 9.82. The minimum absolute atomic E-state index is 0.398. The molecule has 1 fully saturated rings. The van der Waals surface area contributed by atoms with E-state index in [4.69, 9.17) is 4.74 Å². The Morgan fingerprint density at radius 2 is 1.76 bits per heavy atom. The molecule has 1 unspecified atom stereocenters. The maximum absolute atomic E-state index is 9.96. The molecule has 0 radical (unpaired) electrons. The van der Waals surface area contributed by atoms with Crippen molar-refractivity contribution in [1.82, 2.24) is 19.6 Å². The SMILES string of the molecule is COCC(O)CN(CCN(C)C)CCN1CCN(C)CC1. The second-order valence-corrected chi connectivity index (χ2v) is 6.36. The summed E-state index contributed by atoms with van der Waals surface area (Å²) in [7, 11) is 7.99. The molecule has 0 aromatic carbocycles. The Bertz CT molecular complexity index is 258. The van der Waals surface area contributed by atoms with Gasteiger partial charge < -0.3 is 19.6 Å². The van der Waals surface area contributed by atoms with E-state index >= 15 is 0 Å². The van der Waals surface area contributed by atoms with Gasteiger partial charge in [-0.05, 0) is 21.1 Å². The van der Waals surface area contributed by atoms with Crippen molar-refractivity contribution < 1.29 is 9.84 Å². The van der Waals surface area contributed by atoms with Crippen molar-refractivity contribution in [3.8, 4) is 0 Å². The molecule has 1 saturated heterocycles. The summed E-state index contributed by atoms with van der Waals surface area (Å²) in [6, 6.07) is 0. The van der Waals surface area contributed by atoms with Crippen molar-refractivity contribution in [1.29, 1.82) is 0 Å². The smallest absolute Gasteiger partial charge is 0.0900 e. The van der Waals surface area contributed by atoms with Crippen molar-refractivity contribution in [2.75, 3.05) is 93.8 Å². The quantitative estimate of drug-likeness (QED) is 0.564. The molecule has 1 rings (SSSR count). The second kappa shape index (κ2) is 10.5. The molecule has 1 aliphatic rings. The molecule has 0 amide bonds. The van der Waals surface area contributed by atoms with E-state index in [0.717, 1.165) is 52.4 Å². The molecule has 1 aliphatic heterocycles. The Morgan fingerprint density at radius 1 is 1.10 bits per heavy atom. The Labute approximate surface area is 130 Å². The van der Waals surface area contributed by atoms with Gasteiger partial charge in [0.1, 0.15) is 0 Å². The maximum Gasteiger partial charge on any atom is 0.0900 e. The molecule has 21 heavy (non-hydrogen) atoms. The molecule has 126 valence electrons. The van der Waals surface area contributed by atoms with Gasteiger partial charge in [-0.3, -0.25) is 9.80 Å². The second-order valence-electron chi connectivity index (χ2n) is 6.36. The van der Waals surface area contributed by atoms with Crippen molar-refractivity contribution >= 4 is 0 Å². The monoisotopic (exact) mass is 302 g/mol. The molecular weight excluding hydrogens is 268 g/mol. The zero-order chi connectivity index (χ0) is 15.7. The summed E-state index contributed by atoms with van der Waals surface area (Å²) in [5.74, 6) is 0. The molecule has 1 N–H and O–H groups in total. The van der Waals surface area contributed by atoms with Gasteiger partial charge in [0.2, 0.25) is 0 Å². The number of likely N-dealkylation sites (N-methyl/N-ethyl adjacent to an activating group) is 2. The molecule has 6 heteroatoms. The van der Waals surface area contributed by atoms with Crippen molar-refractivity contribution in [2.45, 2.75) is 6.10 Å². The van der Waals surface area contributed by atoms with E-state index in [0.29, 0.717) is 13.2 Å². The van der Waals surface area contributed by atoms with Crippen molar-refractivity contribution in [3.63, 3.8) is 0 Å². The normalized spacial score (nSPS) is 19.6. The molecular formula is C15H34N4O2. The highest BCUT2D eigenvalue weighted by molar-refractivity contribution is 4.72. The third-order valence-electron chi connectivity index (χ3n) is 4.02. The molecule has 0 aromatic rings. The van der Waals surface area contributed by atoms with Crippen LogP contribution >= 0.6 is 0 Å². The van der Waals surface area contributed by atoms with E-state index in [9.17, 15) is 5.11 Å². The molecule has 1 atom stereocenters. The first-order valence-corrected chi connectivity index (χ1v) is 7.96. The van der Waals surface area contributed by atoms with Gasteiger partial charge in [-0.2, -0.15) is 0 Å². The van der Waals surface area contributed by atoms with Gasteiger partial charge in [0.25, 0.3) is 0 Å². The predicted molar refractivity (Wildman–Crippen MR) is 86.8 cm³/mol. The number of hydrogen-bond donors (Lipinski definition) is 1. The van der Waals surface area contributed by atoms with E-state index in [-0.39, 0.29) is 0 Å². The van der Waals surface area contributed by atoms with Crippen molar-refractivity contribution in [2.24, 2.45) is 0 Å². The van der Waals surface area contributed by atoms with E-state index in [2.05, 4.69) is 40.7 Å². The summed E-state index contributed by atoms with van der Waals surface area (Å²) in [5.41, 5.74) is 0. The minimum Gasteiger partial charge on any atom is -0.389 e. The summed E-state index contributed by atoms with van der Waals surface area (Å²) in [6.07, 6.45) is -0.398. The molecule has 0 spiro atoms. The highest BCUT2D eigenvalue weighted by atomic mass is 16.5. The van der Waals surface area contributed by atoms with Gasteiger partial charge in [0, 0.05) is 66.0 Å². The Balaban J connectivity index is 2.32. The number of aliphatic hydroxyl groups excluding tert-OH is 1. The Morgan fingerprint density at radius 3 is 2.33 bits per heavy atom. The summed E-state index contributed by atoms with van der Waals surface area (Å²) in [5, 5.41) is 9.96. The van der Waals surface area contributed by atoms with Crippen LogP contribution in [0.3, 0.4) is 0 Å². The highest BCUT2D eigenvalue weighted by Crippen LogP contribution is 2.01. The first-order valence-electron chi connectivity index (χ1n) is 7.96. The summed E-state index contributed by atoms with van der Waals surface area (Å²) >= 11 is 0. The summed E-state index contributed by atoms with van der Waals surface area (Å²) in [4.78, 5) is 9.43. The number of aliphatic hydroxyl groups is 1. The number of ether oxygens (including phenoxy) is 1. The van der Waals surface area contributed by atoms with Gasteiger partial charge in [0.15, 0.2) is 0 Å². The Hall–Kier alpha value is -0.240. The zero-order valence-electron chi connectivity index (χ0n) is 14.3. The fourth-order valence-corrected chi connectivity index (χ4v) is 2.53. The predicted octanol–water partition coefficient (Wildman–Crippen LogP) is -0.895. The van der Waals surface area contributed by atoms with Crippen LogP contribution in [0, 0.1) is 0 Å². The maximum atomic E-state index is 9.96. The zero-order valence-corrected chi connectivity index (χ0v) is 14.3. The van der Waals surface area contributed by atoms with Crippen LogP contribution in [0.25, 0.3) is 0 Å². The fraction of sp³-hybridized carbons (Fsp3) is 1.00. The fourth-order valence-electron chi connectivity index (χ4n) is 2.53. The van der Waals surface area contributed by atoms with Crippen molar-refractivity contribution in [3.05, 3.63) is 0 Å². The lowest BCUT2D eigenvalue weighted by atomic mass is 10.3. The number of nitrogens with zero attached hydrogens (tertiary/aromatic N) is 4. The average Bonchev–Trinajstić information content (AvgIpc) is 2.43. The van der Waals surface area contributed by atoms with Crippen LogP contribution < -0.4 is 0 Å². The molecule has 0 aliphatic carbocycles. The van der Waals surface area contributed by atoms with Gasteiger partial charge >= 0.3 is 0 Å². The molecule has 0 saturated carbocycles. The first-order chi connectivity index (χ1) is 10.0. The van der Waals surface area contributed by atoms with E-state index < -0.39 is 6.10 Å². The number of rotatable bonds is 10. The van der Waals surface area contributed by atoms with Crippen LogP contribution in [0.15, 0.2) is 0 Å². The van der Waals surface area contributed by atoms with Crippen LogP contribution in [-0.4, -0.2) is 125 Å². The van der Waals surface area contributed by atoms with Gasteiger partial charge in [-0.15, -0.1) is 0 Å². The van der Waals surface area contributed by atoms with Crippen LogP contribution in [0.1, 0.15) is 0 Å². The molecule has 0 aromatic heterocycles. The average molecular weight is 302 g/mol. The number of hydrogen-bond acceptors (Lipinski definition) is 6. The van der Waals surface area contributed by atoms with Crippen LogP contribution in [0.5, 0.6) is 0 Å². The molecule has 6 nitrogen and oxygen atoms in total. The van der Waals surface area contributed by atoms with E-state index in [1.807, 2.05) is 0 Å². The third-order valence-corrected chi connectivity index (χ3v) is 4.02. The molecule has 1 heterocycles. The Kier molecular flexibility index (Phi) is 9.39.